The molecule has 0 saturated carbocycles. The molecular weight excluding hydrogens is 448 g/mol. The minimum absolute atomic E-state index is 0.000734. The third-order valence-corrected chi connectivity index (χ3v) is 6.18. The summed E-state index contributed by atoms with van der Waals surface area (Å²) in [6.07, 6.45) is 1.73. The molecule has 1 atom stereocenters. The molecule has 0 unspecified atom stereocenters. The topological polar surface area (TPSA) is 68.5 Å². The van der Waals surface area contributed by atoms with Crippen molar-refractivity contribution in [2.45, 2.75) is 25.8 Å². The zero-order chi connectivity index (χ0) is 24.9. The Balaban J connectivity index is 1.48. The van der Waals surface area contributed by atoms with E-state index in [4.69, 9.17) is 9.84 Å². The zero-order valence-corrected chi connectivity index (χ0v) is 20.4. The van der Waals surface area contributed by atoms with Gasteiger partial charge in [0.1, 0.15) is 11.4 Å². The van der Waals surface area contributed by atoms with Crippen molar-refractivity contribution >= 4 is 11.6 Å². The van der Waals surface area contributed by atoms with Gasteiger partial charge in [-0.2, -0.15) is 5.10 Å². The van der Waals surface area contributed by atoms with Crippen LogP contribution in [-0.2, 0) is 6.42 Å². The summed E-state index contributed by atoms with van der Waals surface area (Å²) in [6, 6.07) is 31.7. The second-order valence-electron chi connectivity index (χ2n) is 8.82. The molecule has 36 heavy (non-hydrogen) atoms. The number of hydrogen-bond donors (Lipinski definition) is 1. The van der Waals surface area contributed by atoms with E-state index in [1.165, 1.54) is 5.56 Å². The standard InChI is InChI=1S/C30H28N4O2/c1-21(16-17-22-10-5-3-6-11-22)31-30(35)27-19-28(24-14-9-15-25(18-24)36-2)34-29(32-27)20-26(33-34)23-12-7-4-8-13-23/h3-15,18-21H,16-17H2,1-2H3,(H,31,35)/t21-/m0/s1. The highest BCUT2D eigenvalue weighted by molar-refractivity contribution is 5.94. The molecule has 0 radical (unpaired) electrons. The molecule has 0 aliphatic carbocycles. The van der Waals surface area contributed by atoms with Gasteiger partial charge in [0.25, 0.3) is 5.91 Å². The predicted octanol–water partition coefficient (Wildman–Crippen LogP) is 5.82. The van der Waals surface area contributed by atoms with E-state index in [1.54, 1.807) is 17.7 Å². The number of carbonyl (C=O) groups is 1. The van der Waals surface area contributed by atoms with E-state index in [1.807, 2.05) is 85.8 Å². The SMILES string of the molecule is COc1cccc(-c2cc(C(=O)N[C@@H](C)CCc3ccccc3)nc3cc(-c4ccccc4)nn23)c1. The third kappa shape index (κ3) is 5.13. The first-order chi connectivity index (χ1) is 17.6. The lowest BCUT2D eigenvalue weighted by atomic mass is 10.1. The summed E-state index contributed by atoms with van der Waals surface area (Å²) in [5, 5.41) is 7.94. The summed E-state index contributed by atoms with van der Waals surface area (Å²) < 4.78 is 7.22. The first kappa shape index (κ1) is 23.3. The van der Waals surface area contributed by atoms with Gasteiger partial charge < -0.3 is 10.1 Å². The van der Waals surface area contributed by atoms with Crippen LogP contribution in [0.5, 0.6) is 5.75 Å². The van der Waals surface area contributed by atoms with Crippen molar-refractivity contribution < 1.29 is 9.53 Å². The number of amides is 1. The number of aryl methyl sites for hydroxylation is 1. The minimum atomic E-state index is -0.204. The van der Waals surface area contributed by atoms with Crippen LogP contribution < -0.4 is 10.1 Å². The second-order valence-corrected chi connectivity index (χ2v) is 8.82. The van der Waals surface area contributed by atoms with Crippen molar-refractivity contribution in [3.63, 3.8) is 0 Å². The molecular formula is C30H28N4O2. The van der Waals surface area contributed by atoms with Crippen LogP contribution in [0.1, 0.15) is 29.4 Å². The van der Waals surface area contributed by atoms with Crippen molar-refractivity contribution in [1.29, 1.82) is 0 Å². The van der Waals surface area contributed by atoms with Gasteiger partial charge in [-0.25, -0.2) is 9.50 Å². The molecule has 0 bridgehead atoms. The van der Waals surface area contributed by atoms with Crippen molar-refractivity contribution in [3.05, 3.63) is 108 Å². The van der Waals surface area contributed by atoms with Crippen LogP contribution in [0.3, 0.4) is 0 Å². The molecule has 0 aliphatic rings. The van der Waals surface area contributed by atoms with Crippen molar-refractivity contribution in [3.8, 4) is 28.3 Å². The van der Waals surface area contributed by atoms with E-state index in [2.05, 4.69) is 22.4 Å². The van der Waals surface area contributed by atoms with Crippen molar-refractivity contribution in [1.82, 2.24) is 19.9 Å². The second kappa shape index (κ2) is 10.4. The normalized spacial score (nSPS) is 11.8. The molecule has 0 spiro atoms. The lowest BCUT2D eigenvalue weighted by Gasteiger charge is -2.15. The van der Waals surface area contributed by atoms with Gasteiger partial charge in [-0.1, -0.05) is 72.8 Å². The van der Waals surface area contributed by atoms with Crippen LogP contribution in [0.15, 0.2) is 97.1 Å². The highest BCUT2D eigenvalue weighted by atomic mass is 16.5. The molecule has 1 amide bonds. The molecule has 5 rings (SSSR count). The fourth-order valence-corrected chi connectivity index (χ4v) is 4.23. The fraction of sp³-hybridized carbons (Fsp3) is 0.167. The first-order valence-corrected chi connectivity index (χ1v) is 12.1. The van der Waals surface area contributed by atoms with E-state index in [9.17, 15) is 4.79 Å². The highest BCUT2D eigenvalue weighted by Gasteiger charge is 2.18. The average molecular weight is 477 g/mol. The van der Waals surface area contributed by atoms with Crippen LogP contribution in [0.4, 0.5) is 0 Å². The van der Waals surface area contributed by atoms with Gasteiger partial charge in [0, 0.05) is 23.2 Å². The number of benzene rings is 3. The summed E-state index contributed by atoms with van der Waals surface area (Å²) in [5.41, 5.74) is 5.65. The Morgan fingerprint density at radius 1 is 0.917 bits per heavy atom. The summed E-state index contributed by atoms with van der Waals surface area (Å²) in [7, 11) is 1.64. The summed E-state index contributed by atoms with van der Waals surface area (Å²) >= 11 is 0. The highest BCUT2D eigenvalue weighted by Crippen LogP contribution is 2.27. The summed E-state index contributed by atoms with van der Waals surface area (Å²) in [5.74, 6) is 0.526. The van der Waals surface area contributed by atoms with Gasteiger partial charge in [0.2, 0.25) is 0 Å². The van der Waals surface area contributed by atoms with Crippen LogP contribution in [0.2, 0.25) is 0 Å². The van der Waals surface area contributed by atoms with E-state index in [0.29, 0.717) is 11.3 Å². The first-order valence-electron chi connectivity index (χ1n) is 12.1. The van der Waals surface area contributed by atoms with E-state index < -0.39 is 0 Å². The molecule has 6 heteroatoms. The molecule has 0 saturated heterocycles. The maximum atomic E-state index is 13.3. The smallest absolute Gasteiger partial charge is 0.270 e. The summed E-state index contributed by atoms with van der Waals surface area (Å²) in [6.45, 7) is 2.02. The van der Waals surface area contributed by atoms with E-state index >= 15 is 0 Å². The van der Waals surface area contributed by atoms with Crippen molar-refractivity contribution in [2.75, 3.05) is 7.11 Å². The van der Waals surface area contributed by atoms with Gasteiger partial charge in [-0.3, -0.25) is 4.79 Å². The van der Waals surface area contributed by atoms with Gasteiger partial charge >= 0.3 is 0 Å². The number of ether oxygens (including phenoxy) is 1. The molecule has 5 aromatic rings. The van der Waals surface area contributed by atoms with E-state index in [0.717, 1.165) is 41.1 Å². The number of carbonyl (C=O) groups excluding carboxylic acids is 1. The quantitative estimate of drug-likeness (QED) is 0.306. The molecule has 180 valence electrons. The van der Waals surface area contributed by atoms with Crippen LogP contribution >= 0.6 is 0 Å². The van der Waals surface area contributed by atoms with Crippen molar-refractivity contribution in [2.24, 2.45) is 0 Å². The number of nitrogens with one attached hydrogen (secondary N) is 1. The Morgan fingerprint density at radius 2 is 1.64 bits per heavy atom. The maximum Gasteiger partial charge on any atom is 0.270 e. The molecule has 6 nitrogen and oxygen atoms in total. The number of fused-ring (bicyclic) bond motifs is 1. The number of hydrogen-bond acceptors (Lipinski definition) is 4. The number of methoxy groups -OCH3 is 1. The Bertz CT molecular complexity index is 1480. The lowest BCUT2D eigenvalue weighted by molar-refractivity contribution is 0.0933. The zero-order valence-electron chi connectivity index (χ0n) is 20.4. The molecule has 2 heterocycles. The predicted molar refractivity (Wildman–Crippen MR) is 142 cm³/mol. The third-order valence-electron chi connectivity index (χ3n) is 6.18. The van der Waals surface area contributed by atoms with Crippen LogP contribution in [-0.4, -0.2) is 33.7 Å². The van der Waals surface area contributed by atoms with Crippen LogP contribution in [0, 0.1) is 0 Å². The minimum Gasteiger partial charge on any atom is -0.497 e. The fourth-order valence-electron chi connectivity index (χ4n) is 4.23. The van der Waals surface area contributed by atoms with Gasteiger partial charge in [-0.15, -0.1) is 0 Å². The molecule has 3 aromatic carbocycles. The molecule has 1 N–H and O–H groups in total. The summed E-state index contributed by atoms with van der Waals surface area (Å²) in [4.78, 5) is 17.9. The maximum absolute atomic E-state index is 13.3. The molecule has 2 aromatic heterocycles. The number of aromatic nitrogens is 3. The molecule has 0 fully saturated rings. The Kier molecular flexibility index (Phi) is 6.76. The largest absolute Gasteiger partial charge is 0.497 e. The Morgan fingerprint density at radius 3 is 2.39 bits per heavy atom. The van der Waals surface area contributed by atoms with Gasteiger partial charge in [-0.05, 0) is 43.5 Å². The lowest BCUT2D eigenvalue weighted by Crippen LogP contribution is -2.33. The number of rotatable bonds is 8. The van der Waals surface area contributed by atoms with E-state index in [-0.39, 0.29) is 11.9 Å². The Hall–Kier alpha value is -4.45. The number of nitrogens with zero attached hydrogens (tertiary/aromatic N) is 3. The van der Waals surface area contributed by atoms with Crippen LogP contribution in [0.25, 0.3) is 28.2 Å². The van der Waals surface area contributed by atoms with Gasteiger partial charge in [0.15, 0.2) is 5.65 Å². The molecule has 0 aliphatic heterocycles. The Labute approximate surface area is 210 Å². The van der Waals surface area contributed by atoms with Gasteiger partial charge in [0.05, 0.1) is 18.5 Å². The average Bonchev–Trinajstić information content (AvgIpc) is 3.37. The monoisotopic (exact) mass is 476 g/mol.